The number of pyridine rings is 1. The van der Waals surface area contributed by atoms with Crippen LogP contribution in [-0.2, 0) is 0 Å². The van der Waals surface area contributed by atoms with Crippen LogP contribution in [0.4, 0.5) is 5.82 Å². The molecule has 0 amide bonds. The number of nitrogens with zero attached hydrogens (tertiary/aromatic N) is 2. The maximum Gasteiger partial charge on any atom is 0.166 e. The molecule has 0 aliphatic heterocycles. The van der Waals surface area contributed by atoms with E-state index in [0.717, 1.165) is 21.9 Å². The molecule has 0 aliphatic rings. The normalized spacial score (nSPS) is 11.8. The minimum atomic E-state index is 0.373. The number of hydrogen-bond acceptors (Lipinski definition) is 4. The Labute approximate surface area is 109 Å². The maximum atomic E-state index is 4.61. The van der Waals surface area contributed by atoms with Crippen LogP contribution in [0.1, 0.15) is 25.1 Å². The zero-order valence-corrected chi connectivity index (χ0v) is 11.8. The second-order valence-corrected chi connectivity index (χ2v) is 5.94. The third kappa shape index (κ3) is 1.66. The Bertz CT molecular complexity index is 723. The smallest absolute Gasteiger partial charge is 0.166 e. The van der Waals surface area contributed by atoms with E-state index in [4.69, 9.17) is 0 Å². The van der Waals surface area contributed by atoms with Crippen LogP contribution in [0.25, 0.3) is 20.4 Å². The summed E-state index contributed by atoms with van der Waals surface area (Å²) in [6.45, 7) is 8.38. The second-order valence-electron chi connectivity index (χ2n) is 4.94. The number of rotatable bonds is 2. The first-order chi connectivity index (χ1) is 8.56. The van der Waals surface area contributed by atoms with Crippen molar-refractivity contribution >= 4 is 37.6 Å². The van der Waals surface area contributed by atoms with Gasteiger partial charge in [0.05, 0.1) is 10.2 Å². The van der Waals surface area contributed by atoms with Crippen LogP contribution in [0.3, 0.4) is 0 Å². The summed E-state index contributed by atoms with van der Waals surface area (Å²) >= 11 is 1.70. The molecule has 3 rings (SSSR count). The fraction of sp³-hybridized carbons (Fsp3) is 0.385. The summed E-state index contributed by atoms with van der Waals surface area (Å²) in [6.07, 6.45) is 0. The molecule has 0 atom stereocenters. The zero-order valence-electron chi connectivity index (χ0n) is 11.0. The molecular weight excluding hydrogens is 244 g/mol. The fourth-order valence-corrected chi connectivity index (χ4v) is 3.45. The Morgan fingerprint density at radius 1 is 1.33 bits per heavy atom. The van der Waals surface area contributed by atoms with Gasteiger partial charge in [-0.3, -0.25) is 5.10 Å². The lowest BCUT2D eigenvalue weighted by molar-refractivity contribution is 0.887. The Morgan fingerprint density at radius 2 is 2.11 bits per heavy atom. The molecule has 18 heavy (non-hydrogen) atoms. The molecule has 0 saturated carbocycles. The fourth-order valence-electron chi connectivity index (χ4n) is 2.25. The molecule has 3 heterocycles. The summed E-state index contributed by atoms with van der Waals surface area (Å²) in [4.78, 5) is 5.70. The first-order valence-corrected chi connectivity index (χ1v) is 6.89. The van der Waals surface area contributed by atoms with Gasteiger partial charge in [0.1, 0.15) is 4.83 Å². The highest BCUT2D eigenvalue weighted by atomic mass is 32.1. The number of anilines is 1. The number of aryl methyl sites for hydroxylation is 2. The number of nitrogens with one attached hydrogen (secondary N) is 2. The van der Waals surface area contributed by atoms with Gasteiger partial charge in [-0.25, -0.2) is 4.98 Å². The number of aromatic nitrogens is 3. The topological polar surface area (TPSA) is 53.6 Å². The van der Waals surface area contributed by atoms with Crippen molar-refractivity contribution in [1.29, 1.82) is 0 Å². The van der Waals surface area contributed by atoms with Crippen LogP contribution in [-0.4, -0.2) is 21.2 Å². The third-order valence-electron chi connectivity index (χ3n) is 2.91. The standard InChI is InChI=1S/C13H16N4S/c1-6(2)14-12-11-10(16-17-12)9-7(3)5-8(4)15-13(9)18-11/h5-6H,1-4H3,(H2,14,16,17). The first-order valence-electron chi connectivity index (χ1n) is 6.07. The van der Waals surface area contributed by atoms with E-state index >= 15 is 0 Å². The highest BCUT2D eigenvalue weighted by Gasteiger charge is 2.15. The third-order valence-corrected chi connectivity index (χ3v) is 4.00. The largest absolute Gasteiger partial charge is 0.365 e. The minimum absolute atomic E-state index is 0.373. The quantitative estimate of drug-likeness (QED) is 0.740. The Hall–Kier alpha value is -1.62. The second kappa shape index (κ2) is 3.95. The van der Waals surface area contributed by atoms with Crippen LogP contribution in [0, 0.1) is 13.8 Å². The number of thiophene rings is 1. The lowest BCUT2D eigenvalue weighted by Crippen LogP contribution is -2.09. The van der Waals surface area contributed by atoms with Gasteiger partial charge in [0.15, 0.2) is 5.82 Å². The average Bonchev–Trinajstić information content (AvgIpc) is 2.77. The molecule has 0 saturated heterocycles. The molecule has 5 heteroatoms. The minimum Gasteiger partial charge on any atom is -0.365 e. The molecule has 0 aromatic carbocycles. The maximum absolute atomic E-state index is 4.61. The van der Waals surface area contributed by atoms with Crippen LogP contribution in [0.5, 0.6) is 0 Å². The molecule has 2 N–H and O–H groups in total. The van der Waals surface area contributed by atoms with E-state index in [0.29, 0.717) is 6.04 Å². The molecule has 0 unspecified atom stereocenters. The summed E-state index contributed by atoms with van der Waals surface area (Å²) in [5.74, 6) is 0.931. The number of H-pyrrole nitrogens is 1. The van der Waals surface area contributed by atoms with Crippen molar-refractivity contribution in [3.63, 3.8) is 0 Å². The average molecular weight is 260 g/mol. The molecule has 94 valence electrons. The van der Waals surface area contributed by atoms with Gasteiger partial charge >= 0.3 is 0 Å². The molecule has 0 aliphatic carbocycles. The Kier molecular flexibility index (Phi) is 2.52. The summed E-state index contributed by atoms with van der Waals surface area (Å²) in [6, 6.07) is 2.49. The number of fused-ring (bicyclic) bond motifs is 3. The van der Waals surface area contributed by atoms with E-state index in [9.17, 15) is 0 Å². The van der Waals surface area contributed by atoms with E-state index in [-0.39, 0.29) is 0 Å². The van der Waals surface area contributed by atoms with E-state index in [1.54, 1.807) is 11.3 Å². The summed E-state index contributed by atoms with van der Waals surface area (Å²) in [5.41, 5.74) is 3.42. The van der Waals surface area contributed by atoms with E-state index in [2.05, 4.69) is 47.3 Å². The van der Waals surface area contributed by atoms with Crippen LogP contribution >= 0.6 is 11.3 Å². The number of hydrogen-bond donors (Lipinski definition) is 2. The van der Waals surface area contributed by atoms with Crippen molar-refractivity contribution in [2.45, 2.75) is 33.7 Å². The van der Waals surface area contributed by atoms with Crippen molar-refractivity contribution in [3.8, 4) is 0 Å². The van der Waals surface area contributed by atoms with E-state index < -0.39 is 0 Å². The van der Waals surface area contributed by atoms with Crippen LogP contribution in [0.15, 0.2) is 6.07 Å². The lowest BCUT2D eigenvalue weighted by Gasteiger charge is -2.04. The van der Waals surface area contributed by atoms with E-state index in [1.807, 2.05) is 6.92 Å². The monoisotopic (exact) mass is 260 g/mol. The highest BCUT2D eigenvalue weighted by molar-refractivity contribution is 7.26. The Balaban J connectivity index is 2.31. The van der Waals surface area contributed by atoms with Crippen molar-refractivity contribution < 1.29 is 0 Å². The molecule has 0 bridgehead atoms. The van der Waals surface area contributed by atoms with Gasteiger partial charge in [-0.15, -0.1) is 11.3 Å². The molecule has 4 nitrogen and oxygen atoms in total. The van der Waals surface area contributed by atoms with Crippen molar-refractivity contribution in [2.75, 3.05) is 5.32 Å². The number of aromatic amines is 1. The van der Waals surface area contributed by atoms with Gasteiger partial charge < -0.3 is 5.32 Å². The molecule has 3 aromatic heterocycles. The Morgan fingerprint density at radius 3 is 2.83 bits per heavy atom. The predicted octanol–water partition coefficient (Wildman–Crippen LogP) is 3.61. The SMILES string of the molecule is Cc1cc(C)c2c(n1)sc1c(NC(C)C)n[nH]c12. The van der Waals surface area contributed by atoms with Gasteiger partial charge in [-0.1, -0.05) is 0 Å². The first kappa shape index (κ1) is 11.5. The van der Waals surface area contributed by atoms with Gasteiger partial charge in [-0.05, 0) is 39.3 Å². The van der Waals surface area contributed by atoms with Crippen LogP contribution < -0.4 is 5.32 Å². The predicted molar refractivity (Wildman–Crippen MR) is 77.5 cm³/mol. The summed E-state index contributed by atoms with van der Waals surface area (Å²) in [5, 5.41) is 12.1. The van der Waals surface area contributed by atoms with Gasteiger partial charge in [0.2, 0.25) is 0 Å². The highest BCUT2D eigenvalue weighted by Crippen LogP contribution is 2.37. The van der Waals surface area contributed by atoms with Crippen molar-refractivity contribution in [3.05, 3.63) is 17.3 Å². The van der Waals surface area contributed by atoms with E-state index in [1.165, 1.54) is 15.6 Å². The molecular formula is C13H16N4S. The zero-order chi connectivity index (χ0) is 12.9. The summed E-state index contributed by atoms with van der Waals surface area (Å²) < 4.78 is 1.17. The molecule has 0 radical (unpaired) electrons. The van der Waals surface area contributed by atoms with Crippen LogP contribution in [0.2, 0.25) is 0 Å². The van der Waals surface area contributed by atoms with Gasteiger partial charge in [0.25, 0.3) is 0 Å². The van der Waals surface area contributed by atoms with Crippen molar-refractivity contribution in [1.82, 2.24) is 15.2 Å². The summed E-state index contributed by atoms with van der Waals surface area (Å²) in [7, 11) is 0. The van der Waals surface area contributed by atoms with Gasteiger partial charge in [0, 0.05) is 17.1 Å². The molecule has 0 fully saturated rings. The van der Waals surface area contributed by atoms with Gasteiger partial charge in [-0.2, -0.15) is 5.10 Å². The molecule has 0 spiro atoms. The molecule has 3 aromatic rings. The lowest BCUT2D eigenvalue weighted by atomic mass is 10.1. The van der Waals surface area contributed by atoms with Crippen molar-refractivity contribution in [2.24, 2.45) is 0 Å².